The first-order chi connectivity index (χ1) is 9.24. The number of amides is 1. The lowest BCUT2D eigenvalue weighted by Crippen LogP contribution is -2.15. The quantitative estimate of drug-likeness (QED) is 0.654. The van der Waals surface area contributed by atoms with E-state index in [-0.39, 0.29) is 11.6 Å². The second-order valence-corrected chi connectivity index (χ2v) is 4.18. The van der Waals surface area contributed by atoms with Gasteiger partial charge >= 0.3 is 0 Å². The van der Waals surface area contributed by atoms with Gasteiger partial charge in [0.05, 0.1) is 5.69 Å². The molecule has 0 bridgehead atoms. The highest BCUT2D eigenvalue weighted by molar-refractivity contribution is 6.06. The number of hydrogen-bond donors (Lipinski definition) is 3. The molecule has 0 unspecified atom stereocenters. The van der Waals surface area contributed by atoms with E-state index < -0.39 is 0 Å². The second kappa shape index (κ2) is 4.45. The number of nitrogen functional groups attached to an aromatic ring is 1. The Labute approximate surface area is 109 Å². The van der Waals surface area contributed by atoms with Gasteiger partial charge in [-0.1, -0.05) is 0 Å². The molecule has 5 nitrogen and oxygen atoms in total. The molecule has 0 aliphatic heterocycles. The molecule has 3 rings (SSSR count). The molecule has 2 heterocycles. The molecule has 5 heteroatoms. The second-order valence-electron chi connectivity index (χ2n) is 4.18. The molecular weight excluding hydrogens is 240 g/mol. The number of benzene rings is 1. The van der Waals surface area contributed by atoms with Gasteiger partial charge in [0.2, 0.25) is 0 Å². The smallest absolute Gasteiger partial charge is 0.276 e. The number of anilines is 2. The van der Waals surface area contributed by atoms with Gasteiger partial charge in [-0.15, -0.1) is 0 Å². The van der Waals surface area contributed by atoms with Crippen LogP contribution < -0.4 is 11.1 Å². The molecule has 1 amide bonds. The standard InChI is InChI=1S/C14H12N4O/c15-11-2-1-6-17-13(11)14(19)18-10-3-4-12-9(8-10)5-7-16-12/h1-8,16H,15H2,(H,18,19). The number of nitrogens with zero attached hydrogens (tertiary/aromatic N) is 1. The van der Waals surface area contributed by atoms with Gasteiger partial charge < -0.3 is 16.0 Å². The first-order valence-corrected chi connectivity index (χ1v) is 5.83. The van der Waals surface area contributed by atoms with Crippen molar-refractivity contribution in [2.24, 2.45) is 0 Å². The van der Waals surface area contributed by atoms with E-state index in [1.807, 2.05) is 30.5 Å². The Bertz CT molecular complexity index is 748. The Morgan fingerprint density at radius 3 is 3.00 bits per heavy atom. The highest BCUT2D eigenvalue weighted by atomic mass is 16.1. The summed E-state index contributed by atoms with van der Waals surface area (Å²) in [4.78, 5) is 19.1. The summed E-state index contributed by atoms with van der Waals surface area (Å²) in [6.07, 6.45) is 3.40. The van der Waals surface area contributed by atoms with Crippen LogP contribution in [0.1, 0.15) is 10.5 Å². The van der Waals surface area contributed by atoms with E-state index in [1.54, 1.807) is 18.3 Å². The van der Waals surface area contributed by atoms with Crippen LogP contribution >= 0.6 is 0 Å². The molecule has 2 aromatic heterocycles. The summed E-state index contributed by atoms with van der Waals surface area (Å²) in [7, 11) is 0. The number of hydrogen-bond acceptors (Lipinski definition) is 3. The number of aromatic amines is 1. The van der Waals surface area contributed by atoms with Crippen molar-refractivity contribution in [1.82, 2.24) is 9.97 Å². The SMILES string of the molecule is Nc1cccnc1C(=O)Nc1ccc2[nH]ccc2c1. The number of fused-ring (bicyclic) bond motifs is 1. The lowest BCUT2D eigenvalue weighted by molar-refractivity contribution is 0.102. The van der Waals surface area contributed by atoms with E-state index in [2.05, 4.69) is 15.3 Å². The van der Waals surface area contributed by atoms with Crippen LogP contribution in [0.4, 0.5) is 11.4 Å². The maximum Gasteiger partial charge on any atom is 0.276 e. The zero-order valence-electron chi connectivity index (χ0n) is 10.1. The van der Waals surface area contributed by atoms with Gasteiger partial charge in [-0.05, 0) is 36.4 Å². The largest absolute Gasteiger partial charge is 0.397 e. The zero-order valence-corrected chi connectivity index (χ0v) is 10.1. The van der Waals surface area contributed by atoms with Crippen LogP contribution in [0.2, 0.25) is 0 Å². The maximum absolute atomic E-state index is 12.0. The Kier molecular flexibility index (Phi) is 2.64. The summed E-state index contributed by atoms with van der Waals surface area (Å²) in [5.74, 6) is -0.312. The van der Waals surface area contributed by atoms with Crippen LogP contribution in [0.3, 0.4) is 0 Å². The Balaban J connectivity index is 1.88. The average molecular weight is 252 g/mol. The summed E-state index contributed by atoms with van der Waals surface area (Å²) >= 11 is 0. The molecule has 0 atom stereocenters. The van der Waals surface area contributed by atoms with Gasteiger partial charge in [-0.25, -0.2) is 4.98 Å². The molecule has 19 heavy (non-hydrogen) atoms. The summed E-state index contributed by atoms with van der Waals surface area (Å²) in [6, 6.07) is 10.9. The molecule has 0 fully saturated rings. The molecule has 4 N–H and O–H groups in total. The number of rotatable bonds is 2. The van der Waals surface area contributed by atoms with Gasteiger partial charge in [0, 0.05) is 29.0 Å². The van der Waals surface area contributed by atoms with Crippen molar-refractivity contribution >= 4 is 28.2 Å². The van der Waals surface area contributed by atoms with Gasteiger partial charge in [0.25, 0.3) is 5.91 Å². The summed E-state index contributed by atoms with van der Waals surface area (Å²) in [5.41, 5.74) is 8.05. The van der Waals surface area contributed by atoms with E-state index in [1.165, 1.54) is 0 Å². The van der Waals surface area contributed by atoms with Gasteiger partial charge in [-0.2, -0.15) is 0 Å². The van der Waals surface area contributed by atoms with Crippen molar-refractivity contribution < 1.29 is 4.79 Å². The van der Waals surface area contributed by atoms with Gasteiger partial charge in [0.1, 0.15) is 0 Å². The summed E-state index contributed by atoms with van der Waals surface area (Å²) < 4.78 is 0. The third-order valence-electron chi connectivity index (χ3n) is 2.87. The molecular formula is C14H12N4O. The van der Waals surface area contributed by atoms with E-state index in [4.69, 9.17) is 5.73 Å². The molecule has 0 aliphatic carbocycles. The highest BCUT2D eigenvalue weighted by Gasteiger charge is 2.11. The first kappa shape index (κ1) is 11.3. The molecule has 0 saturated carbocycles. The third kappa shape index (κ3) is 2.13. The van der Waals surface area contributed by atoms with Crippen LogP contribution in [-0.2, 0) is 0 Å². The summed E-state index contributed by atoms with van der Waals surface area (Å²) in [6.45, 7) is 0. The minimum Gasteiger partial charge on any atom is -0.397 e. The predicted octanol–water partition coefficient (Wildman–Crippen LogP) is 2.40. The minimum atomic E-state index is -0.312. The third-order valence-corrected chi connectivity index (χ3v) is 2.87. The molecule has 1 aromatic carbocycles. The molecule has 0 aliphatic rings. The van der Waals surface area contributed by atoms with Crippen molar-refractivity contribution in [3.8, 4) is 0 Å². The lowest BCUT2D eigenvalue weighted by atomic mass is 10.2. The minimum absolute atomic E-state index is 0.233. The highest BCUT2D eigenvalue weighted by Crippen LogP contribution is 2.19. The van der Waals surface area contributed by atoms with Crippen molar-refractivity contribution in [2.75, 3.05) is 11.1 Å². The molecule has 0 saturated heterocycles. The zero-order chi connectivity index (χ0) is 13.2. The average Bonchev–Trinajstić information content (AvgIpc) is 2.86. The lowest BCUT2D eigenvalue weighted by Gasteiger charge is -2.06. The molecule has 0 spiro atoms. The van der Waals surface area contributed by atoms with Crippen molar-refractivity contribution in [3.05, 3.63) is 54.5 Å². The van der Waals surface area contributed by atoms with Crippen molar-refractivity contribution in [1.29, 1.82) is 0 Å². The number of nitrogens with one attached hydrogen (secondary N) is 2. The molecule has 0 radical (unpaired) electrons. The van der Waals surface area contributed by atoms with E-state index in [0.29, 0.717) is 11.4 Å². The van der Waals surface area contributed by atoms with E-state index >= 15 is 0 Å². The first-order valence-electron chi connectivity index (χ1n) is 5.83. The predicted molar refractivity (Wildman–Crippen MR) is 74.9 cm³/mol. The fraction of sp³-hybridized carbons (Fsp3) is 0. The molecule has 3 aromatic rings. The number of aromatic nitrogens is 2. The number of nitrogens with two attached hydrogens (primary N) is 1. The van der Waals surface area contributed by atoms with Crippen molar-refractivity contribution in [2.45, 2.75) is 0 Å². The number of carbonyl (C=O) groups excluding carboxylic acids is 1. The molecule has 94 valence electrons. The number of carbonyl (C=O) groups is 1. The fourth-order valence-electron chi connectivity index (χ4n) is 1.93. The Morgan fingerprint density at radius 1 is 1.26 bits per heavy atom. The van der Waals surface area contributed by atoms with E-state index in [9.17, 15) is 4.79 Å². The summed E-state index contributed by atoms with van der Waals surface area (Å²) in [5, 5.41) is 3.82. The van der Waals surface area contributed by atoms with Gasteiger partial charge in [0.15, 0.2) is 5.69 Å². The van der Waals surface area contributed by atoms with Crippen molar-refractivity contribution in [3.63, 3.8) is 0 Å². The monoisotopic (exact) mass is 252 g/mol. The topological polar surface area (TPSA) is 83.8 Å². The van der Waals surface area contributed by atoms with Gasteiger partial charge in [-0.3, -0.25) is 4.79 Å². The normalized spacial score (nSPS) is 10.5. The number of H-pyrrole nitrogens is 1. The van der Waals surface area contributed by atoms with Crippen LogP contribution in [0, 0.1) is 0 Å². The van der Waals surface area contributed by atoms with Crippen LogP contribution in [0.5, 0.6) is 0 Å². The van der Waals surface area contributed by atoms with E-state index in [0.717, 1.165) is 10.9 Å². The maximum atomic E-state index is 12.0. The Morgan fingerprint density at radius 2 is 2.16 bits per heavy atom. The Hall–Kier alpha value is -2.82. The number of pyridine rings is 1. The fourth-order valence-corrected chi connectivity index (χ4v) is 1.93. The van der Waals surface area contributed by atoms with Crippen LogP contribution in [-0.4, -0.2) is 15.9 Å². The van der Waals surface area contributed by atoms with Crippen LogP contribution in [0.25, 0.3) is 10.9 Å². The van der Waals surface area contributed by atoms with Crippen LogP contribution in [0.15, 0.2) is 48.8 Å².